The second-order valence-electron chi connectivity index (χ2n) is 5.41. The normalized spacial score (nSPS) is 10.8. The fourth-order valence-electron chi connectivity index (χ4n) is 2.50. The number of aromatic nitrogens is 2. The summed E-state index contributed by atoms with van der Waals surface area (Å²) in [4.78, 5) is 27.4. The van der Waals surface area contributed by atoms with Crippen LogP contribution in [0, 0.1) is 10.5 Å². The molecule has 3 aromatic rings. The van der Waals surface area contributed by atoms with E-state index in [-0.39, 0.29) is 11.5 Å². The van der Waals surface area contributed by atoms with Gasteiger partial charge in [-0.15, -0.1) is 0 Å². The van der Waals surface area contributed by atoms with E-state index in [9.17, 15) is 14.7 Å². The Morgan fingerprint density at radius 2 is 1.96 bits per heavy atom. The van der Waals surface area contributed by atoms with Gasteiger partial charge in [0, 0.05) is 16.2 Å². The van der Waals surface area contributed by atoms with Crippen LogP contribution in [0.2, 0.25) is 0 Å². The number of aryl methyl sites for hydroxylation is 1. The molecule has 0 spiro atoms. The molecule has 7 heteroatoms. The van der Waals surface area contributed by atoms with Gasteiger partial charge in [-0.1, -0.05) is 0 Å². The largest absolute Gasteiger partial charge is 0.478 e. The third-order valence-electron chi connectivity index (χ3n) is 3.71. The predicted octanol–water partition coefficient (Wildman–Crippen LogP) is 4.05. The molecule has 0 radical (unpaired) electrons. The number of rotatable bonds is 3. The molecule has 6 nitrogen and oxygen atoms in total. The number of carboxylic acids is 1. The topological polar surface area (TPSA) is 84.2 Å². The zero-order valence-electron chi connectivity index (χ0n) is 13.0. The molecule has 2 aromatic carbocycles. The number of nitrogens with zero attached hydrogens (tertiary/aromatic N) is 2. The summed E-state index contributed by atoms with van der Waals surface area (Å²) in [5.41, 5.74) is 3.37. The molecule has 0 atom stereocenters. The maximum Gasteiger partial charge on any atom is 0.337 e. The van der Waals surface area contributed by atoms with Crippen molar-refractivity contribution in [3.63, 3.8) is 0 Å². The number of anilines is 2. The van der Waals surface area contributed by atoms with E-state index in [4.69, 9.17) is 0 Å². The van der Waals surface area contributed by atoms with Crippen molar-refractivity contribution in [1.29, 1.82) is 0 Å². The highest BCUT2D eigenvalue weighted by molar-refractivity contribution is 14.1. The molecule has 0 bridgehead atoms. The Hall–Kier alpha value is -2.42. The van der Waals surface area contributed by atoms with Crippen LogP contribution in [-0.4, -0.2) is 26.5 Å². The van der Waals surface area contributed by atoms with Crippen LogP contribution < -0.4 is 5.32 Å². The van der Waals surface area contributed by atoms with Crippen LogP contribution in [0.25, 0.3) is 11.0 Å². The third-order valence-corrected chi connectivity index (χ3v) is 4.38. The highest BCUT2D eigenvalue weighted by Crippen LogP contribution is 2.28. The Kier molecular flexibility index (Phi) is 4.27. The van der Waals surface area contributed by atoms with Crippen molar-refractivity contribution in [2.45, 2.75) is 13.8 Å². The van der Waals surface area contributed by atoms with Crippen LogP contribution in [0.15, 0.2) is 36.7 Å². The Labute approximate surface area is 151 Å². The van der Waals surface area contributed by atoms with E-state index in [2.05, 4.69) is 32.9 Å². The van der Waals surface area contributed by atoms with Gasteiger partial charge in [0.05, 0.1) is 22.3 Å². The maximum atomic E-state index is 11.7. The summed E-state index contributed by atoms with van der Waals surface area (Å²) in [6.07, 6.45) is 1.40. The number of aromatic carboxylic acids is 1. The highest BCUT2D eigenvalue weighted by Gasteiger charge is 2.16. The molecule has 1 heterocycles. The van der Waals surface area contributed by atoms with Crippen molar-refractivity contribution in [2.75, 3.05) is 5.32 Å². The van der Waals surface area contributed by atoms with Gasteiger partial charge in [-0.05, 0) is 65.4 Å². The number of carboxylic acid groups (broad SMARTS) is 1. The zero-order chi connectivity index (χ0) is 17.4. The van der Waals surface area contributed by atoms with E-state index in [1.165, 1.54) is 23.9 Å². The van der Waals surface area contributed by atoms with Gasteiger partial charge in [-0.3, -0.25) is 9.36 Å². The SMILES string of the molecule is CC(=O)n1cnc2cc(C(=O)O)c(Nc3ccc(I)cc3C)cc21. The Morgan fingerprint density at radius 1 is 1.21 bits per heavy atom. The van der Waals surface area contributed by atoms with Crippen LogP contribution >= 0.6 is 22.6 Å². The number of hydrogen-bond donors (Lipinski definition) is 2. The van der Waals surface area contributed by atoms with E-state index < -0.39 is 5.97 Å². The lowest BCUT2D eigenvalue weighted by molar-refractivity contribution is 0.0698. The molecule has 0 aliphatic carbocycles. The molecule has 0 amide bonds. The monoisotopic (exact) mass is 435 g/mol. The summed E-state index contributed by atoms with van der Waals surface area (Å²) in [5.74, 6) is -1.24. The summed E-state index contributed by atoms with van der Waals surface area (Å²) in [6, 6.07) is 8.96. The minimum Gasteiger partial charge on any atom is -0.478 e. The van der Waals surface area contributed by atoms with Crippen molar-refractivity contribution in [3.05, 3.63) is 51.4 Å². The number of hydrogen-bond acceptors (Lipinski definition) is 4. The number of halogens is 1. The molecule has 2 N–H and O–H groups in total. The van der Waals surface area contributed by atoms with E-state index >= 15 is 0 Å². The minimum atomic E-state index is -1.06. The van der Waals surface area contributed by atoms with Crippen LogP contribution in [0.5, 0.6) is 0 Å². The Bertz CT molecular complexity index is 979. The predicted molar refractivity (Wildman–Crippen MR) is 100 cm³/mol. The first-order chi connectivity index (χ1) is 11.4. The van der Waals surface area contributed by atoms with Crippen LogP contribution in [0.3, 0.4) is 0 Å². The molecule has 24 heavy (non-hydrogen) atoms. The lowest BCUT2D eigenvalue weighted by atomic mass is 10.1. The quantitative estimate of drug-likeness (QED) is 0.607. The number of fused-ring (bicyclic) bond motifs is 1. The fraction of sp³-hybridized carbons (Fsp3) is 0.118. The molecule has 0 unspecified atom stereocenters. The molecule has 0 aliphatic heterocycles. The van der Waals surface area contributed by atoms with Crippen molar-refractivity contribution in [2.24, 2.45) is 0 Å². The van der Waals surface area contributed by atoms with Gasteiger partial charge in [-0.25, -0.2) is 9.78 Å². The Morgan fingerprint density at radius 3 is 2.58 bits per heavy atom. The second-order valence-corrected chi connectivity index (χ2v) is 6.66. The molecule has 0 fully saturated rings. The molecular weight excluding hydrogens is 421 g/mol. The summed E-state index contributed by atoms with van der Waals surface area (Å²) in [5, 5.41) is 12.7. The molecule has 122 valence electrons. The molecular formula is C17H14IN3O3. The van der Waals surface area contributed by atoms with Crippen LogP contribution in [-0.2, 0) is 0 Å². The average molecular weight is 435 g/mol. The average Bonchev–Trinajstić information content (AvgIpc) is 2.92. The van der Waals surface area contributed by atoms with Gasteiger partial charge in [0.1, 0.15) is 6.33 Å². The van der Waals surface area contributed by atoms with E-state index in [0.717, 1.165) is 14.8 Å². The molecule has 0 saturated carbocycles. The lowest BCUT2D eigenvalue weighted by Gasteiger charge is -2.13. The van der Waals surface area contributed by atoms with E-state index in [1.54, 1.807) is 6.07 Å². The highest BCUT2D eigenvalue weighted by atomic mass is 127. The number of benzene rings is 2. The number of nitrogens with one attached hydrogen (secondary N) is 1. The zero-order valence-corrected chi connectivity index (χ0v) is 15.2. The minimum absolute atomic E-state index is 0.106. The smallest absolute Gasteiger partial charge is 0.337 e. The first-order valence-electron chi connectivity index (χ1n) is 7.15. The second kappa shape index (κ2) is 6.23. The molecule has 0 aliphatic rings. The number of carbonyl (C=O) groups is 2. The van der Waals surface area contributed by atoms with Gasteiger partial charge in [-0.2, -0.15) is 0 Å². The number of imidazole rings is 1. The lowest BCUT2D eigenvalue weighted by Crippen LogP contribution is -2.06. The molecule has 1 aromatic heterocycles. The van der Waals surface area contributed by atoms with Gasteiger partial charge in [0.25, 0.3) is 0 Å². The summed E-state index contributed by atoms with van der Waals surface area (Å²) in [7, 11) is 0. The van der Waals surface area contributed by atoms with Crippen LogP contribution in [0.1, 0.15) is 27.6 Å². The Balaban J connectivity index is 2.16. The van der Waals surface area contributed by atoms with Crippen molar-refractivity contribution in [1.82, 2.24) is 9.55 Å². The number of carbonyl (C=O) groups excluding carboxylic acids is 1. The summed E-state index contributed by atoms with van der Waals surface area (Å²) in [6.45, 7) is 3.38. The maximum absolute atomic E-state index is 11.7. The van der Waals surface area contributed by atoms with Crippen molar-refractivity contribution in [3.8, 4) is 0 Å². The van der Waals surface area contributed by atoms with Crippen LogP contribution in [0.4, 0.5) is 11.4 Å². The van der Waals surface area contributed by atoms with Gasteiger partial charge in [0.15, 0.2) is 0 Å². The molecule has 0 saturated heterocycles. The van der Waals surface area contributed by atoms with Crippen molar-refractivity contribution < 1.29 is 14.7 Å². The third kappa shape index (κ3) is 2.99. The summed E-state index contributed by atoms with van der Waals surface area (Å²) < 4.78 is 2.49. The molecule has 3 rings (SSSR count). The van der Waals surface area contributed by atoms with E-state index in [0.29, 0.717) is 16.7 Å². The first-order valence-corrected chi connectivity index (χ1v) is 8.23. The van der Waals surface area contributed by atoms with Gasteiger partial charge >= 0.3 is 5.97 Å². The standard InChI is InChI=1S/C17H14IN3O3/c1-9-5-11(18)3-4-13(9)20-14-7-16-15(6-12(14)17(23)24)19-8-21(16)10(2)22/h3-8,20H,1-2H3,(H,23,24). The van der Waals surface area contributed by atoms with Gasteiger partial charge < -0.3 is 10.4 Å². The van der Waals surface area contributed by atoms with Gasteiger partial charge in [0.2, 0.25) is 5.91 Å². The fourth-order valence-corrected chi connectivity index (χ4v) is 3.15. The summed E-state index contributed by atoms with van der Waals surface area (Å²) >= 11 is 2.22. The van der Waals surface area contributed by atoms with Crippen molar-refractivity contribution >= 4 is 56.9 Å². The first kappa shape index (κ1) is 16.4. The van der Waals surface area contributed by atoms with E-state index in [1.807, 2.05) is 25.1 Å².